The van der Waals surface area contributed by atoms with E-state index in [-0.39, 0.29) is 12.5 Å². The standard InChI is InChI=1S/C21H17N5O/c1-13(9-22)11-25-12-18-16(3-2-4-17(18)21(25)27)19-8-5-14-10-23-26(15-6-7-15)20(14)24-19/h2-5,8,10,15H,1,6-7,11-12H2. The van der Waals surface area contributed by atoms with E-state index in [0.717, 1.165) is 40.7 Å². The average molecular weight is 355 g/mol. The van der Waals surface area contributed by atoms with E-state index < -0.39 is 0 Å². The van der Waals surface area contributed by atoms with Crippen molar-refractivity contribution in [2.45, 2.75) is 25.4 Å². The van der Waals surface area contributed by atoms with Gasteiger partial charge in [-0.2, -0.15) is 10.4 Å². The van der Waals surface area contributed by atoms with E-state index in [4.69, 9.17) is 10.2 Å². The lowest BCUT2D eigenvalue weighted by molar-refractivity contribution is 0.0794. The zero-order chi connectivity index (χ0) is 18.5. The largest absolute Gasteiger partial charge is 0.329 e. The SMILES string of the molecule is C=C(C#N)CN1Cc2c(cccc2-c2ccc3cnn(C4CC4)c3n2)C1=O. The van der Waals surface area contributed by atoms with Crippen LogP contribution < -0.4 is 0 Å². The van der Waals surface area contributed by atoms with Crippen LogP contribution >= 0.6 is 0 Å². The Hall–Kier alpha value is -3.46. The monoisotopic (exact) mass is 355 g/mol. The van der Waals surface area contributed by atoms with E-state index >= 15 is 0 Å². The Labute approximate surface area is 156 Å². The number of hydrogen-bond donors (Lipinski definition) is 0. The van der Waals surface area contributed by atoms with Gasteiger partial charge < -0.3 is 4.90 Å². The van der Waals surface area contributed by atoms with Crippen LogP contribution in [0.4, 0.5) is 0 Å². The van der Waals surface area contributed by atoms with Crippen LogP contribution in [0, 0.1) is 11.3 Å². The molecule has 1 aromatic carbocycles. The van der Waals surface area contributed by atoms with E-state index in [1.807, 2.05) is 47.3 Å². The van der Waals surface area contributed by atoms with Gasteiger partial charge in [0.25, 0.3) is 5.91 Å². The van der Waals surface area contributed by atoms with Crippen molar-refractivity contribution in [3.8, 4) is 17.3 Å². The maximum Gasteiger partial charge on any atom is 0.254 e. The minimum absolute atomic E-state index is 0.0626. The number of pyridine rings is 1. The van der Waals surface area contributed by atoms with Crippen LogP contribution in [0.25, 0.3) is 22.3 Å². The number of amides is 1. The second-order valence-electron chi connectivity index (χ2n) is 7.14. The molecule has 0 atom stereocenters. The summed E-state index contributed by atoms with van der Waals surface area (Å²) < 4.78 is 2.01. The molecule has 0 unspecified atom stereocenters. The van der Waals surface area contributed by atoms with Gasteiger partial charge >= 0.3 is 0 Å². The molecule has 0 bridgehead atoms. The van der Waals surface area contributed by atoms with Gasteiger partial charge in [-0.25, -0.2) is 9.67 Å². The smallest absolute Gasteiger partial charge is 0.254 e. The number of nitriles is 1. The summed E-state index contributed by atoms with van der Waals surface area (Å²) in [6, 6.07) is 12.2. The lowest BCUT2D eigenvalue weighted by Crippen LogP contribution is -2.25. The van der Waals surface area contributed by atoms with Gasteiger partial charge in [0.15, 0.2) is 5.65 Å². The first-order chi connectivity index (χ1) is 13.2. The first kappa shape index (κ1) is 15.8. The molecule has 0 radical (unpaired) electrons. The first-order valence-electron chi connectivity index (χ1n) is 8.99. The average Bonchev–Trinajstić information content (AvgIpc) is 3.37. The quantitative estimate of drug-likeness (QED) is 0.672. The lowest BCUT2D eigenvalue weighted by Gasteiger charge is -2.14. The molecule has 132 valence electrons. The molecule has 1 amide bonds. The first-order valence-corrected chi connectivity index (χ1v) is 8.99. The van der Waals surface area contributed by atoms with Crippen LogP contribution in [0.5, 0.6) is 0 Å². The van der Waals surface area contributed by atoms with Crippen LogP contribution in [-0.4, -0.2) is 32.1 Å². The predicted octanol–water partition coefficient (Wildman–Crippen LogP) is 3.47. The third-order valence-electron chi connectivity index (χ3n) is 5.19. The molecule has 5 rings (SSSR count). The molecule has 0 saturated heterocycles. The molecular formula is C21H17N5O. The zero-order valence-electron chi connectivity index (χ0n) is 14.7. The van der Waals surface area contributed by atoms with Gasteiger partial charge in [0.1, 0.15) is 0 Å². The summed E-state index contributed by atoms with van der Waals surface area (Å²) in [6.45, 7) is 4.42. The third-order valence-corrected chi connectivity index (χ3v) is 5.19. The molecule has 0 N–H and O–H groups in total. The molecule has 1 aliphatic carbocycles. The summed E-state index contributed by atoms with van der Waals surface area (Å²) >= 11 is 0. The van der Waals surface area contributed by atoms with Crippen molar-refractivity contribution in [1.29, 1.82) is 5.26 Å². The Bertz CT molecular complexity index is 1150. The number of rotatable bonds is 4. The molecular weight excluding hydrogens is 338 g/mol. The molecule has 1 aliphatic heterocycles. The summed E-state index contributed by atoms with van der Waals surface area (Å²) in [5.74, 6) is -0.0626. The highest BCUT2D eigenvalue weighted by molar-refractivity contribution is 6.00. The van der Waals surface area contributed by atoms with Crippen LogP contribution in [0.3, 0.4) is 0 Å². The summed E-state index contributed by atoms with van der Waals surface area (Å²) in [6.07, 6.45) is 4.16. The van der Waals surface area contributed by atoms with Crippen molar-refractivity contribution >= 4 is 16.9 Å². The number of carbonyl (C=O) groups is 1. The van der Waals surface area contributed by atoms with Gasteiger partial charge in [-0.15, -0.1) is 0 Å². The second-order valence-corrected chi connectivity index (χ2v) is 7.14. The fourth-order valence-electron chi connectivity index (χ4n) is 3.68. The van der Waals surface area contributed by atoms with Crippen molar-refractivity contribution < 1.29 is 4.79 Å². The molecule has 27 heavy (non-hydrogen) atoms. The summed E-state index contributed by atoms with van der Waals surface area (Å²) in [4.78, 5) is 19.2. The maximum absolute atomic E-state index is 12.7. The highest BCUT2D eigenvalue weighted by Crippen LogP contribution is 2.37. The van der Waals surface area contributed by atoms with Crippen molar-refractivity contribution in [3.63, 3.8) is 0 Å². The fraction of sp³-hybridized carbons (Fsp3) is 0.238. The number of carbonyl (C=O) groups excluding carboxylic acids is 1. The number of fused-ring (bicyclic) bond motifs is 2. The van der Waals surface area contributed by atoms with E-state index in [9.17, 15) is 4.79 Å². The van der Waals surface area contributed by atoms with Gasteiger partial charge in [-0.3, -0.25) is 4.79 Å². The van der Waals surface area contributed by atoms with Gasteiger partial charge in [-0.05, 0) is 36.6 Å². The van der Waals surface area contributed by atoms with E-state index in [1.165, 1.54) is 0 Å². The van der Waals surface area contributed by atoms with Crippen molar-refractivity contribution in [3.05, 3.63) is 59.8 Å². The fourth-order valence-corrected chi connectivity index (χ4v) is 3.68. The van der Waals surface area contributed by atoms with E-state index in [2.05, 4.69) is 11.7 Å². The molecule has 6 nitrogen and oxygen atoms in total. The number of aromatic nitrogens is 3. The highest BCUT2D eigenvalue weighted by Gasteiger charge is 2.30. The Kier molecular flexibility index (Phi) is 3.37. The van der Waals surface area contributed by atoms with Crippen molar-refractivity contribution in [2.75, 3.05) is 6.54 Å². The number of benzene rings is 1. The Morgan fingerprint density at radius 2 is 2.07 bits per heavy atom. The predicted molar refractivity (Wildman–Crippen MR) is 101 cm³/mol. The second kappa shape index (κ2) is 5.78. The number of hydrogen-bond acceptors (Lipinski definition) is 4. The summed E-state index contributed by atoms with van der Waals surface area (Å²) in [7, 11) is 0. The molecule has 2 aromatic heterocycles. The molecule has 2 aliphatic rings. The minimum atomic E-state index is -0.0626. The van der Waals surface area contributed by atoms with E-state index in [1.54, 1.807) is 4.90 Å². The topological polar surface area (TPSA) is 74.8 Å². The van der Waals surface area contributed by atoms with Crippen molar-refractivity contribution in [2.24, 2.45) is 0 Å². The molecule has 6 heteroatoms. The van der Waals surface area contributed by atoms with Gasteiger partial charge in [0.2, 0.25) is 0 Å². The Balaban J connectivity index is 1.57. The van der Waals surface area contributed by atoms with Crippen LogP contribution in [0.2, 0.25) is 0 Å². The molecule has 3 heterocycles. The maximum atomic E-state index is 12.7. The van der Waals surface area contributed by atoms with E-state index in [0.29, 0.717) is 23.7 Å². The van der Waals surface area contributed by atoms with Gasteiger partial charge in [0, 0.05) is 28.6 Å². The van der Waals surface area contributed by atoms with Gasteiger partial charge in [0.05, 0.1) is 30.5 Å². The zero-order valence-corrected chi connectivity index (χ0v) is 14.7. The summed E-state index contributed by atoms with van der Waals surface area (Å²) in [5, 5.41) is 14.5. The third kappa shape index (κ3) is 2.51. The van der Waals surface area contributed by atoms with Gasteiger partial charge in [-0.1, -0.05) is 18.7 Å². The molecule has 1 saturated carbocycles. The normalized spacial score (nSPS) is 15.8. The Morgan fingerprint density at radius 1 is 1.26 bits per heavy atom. The van der Waals surface area contributed by atoms with Crippen LogP contribution in [0.15, 0.2) is 48.7 Å². The molecule has 1 fully saturated rings. The highest BCUT2D eigenvalue weighted by atomic mass is 16.2. The minimum Gasteiger partial charge on any atom is -0.329 e. The van der Waals surface area contributed by atoms with Crippen molar-refractivity contribution in [1.82, 2.24) is 19.7 Å². The van der Waals surface area contributed by atoms with Crippen LogP contribution in [0.1, 0.15) is 34.8 Å². The van der Waals surface area contributed by atoms with Crippen LogP contribution in [-0.2, 0) is 6.54 Å². The number of nitrogens with zero attached hydrogens (tertiary/aromatic N) is 5. The molecule has 0 spiro atoms. The molecule has 3 aromatic rings. The Morgan fingerprint density at radius 3 is 2.85 bits per heavy atom. The summed E-state index contributed by atoms with van der Waals surface area (Å²) in [5.41, 5.74) is 4.71. The lowest BCUT2D eigenvalue weighted by atomic mass is 10.0.